The number of nitrogens with zero attached hydrogens (tertiary/aromatic N) is 2. The second kappa shape index (κ2) is 4.96. The van der Waals surface area contributed by atoms with Gasteiger partial charge in [-0.25, -0.2) is 0 Å². The van der Waals surface area contributed by atoms with Gasteiger partial charge < -0.3 is 4.74 Å². The van der Waals surface area contributed by atoms with Crippen LogP contribution in [0.3, 0.4) is 0 Å². The lowest BCUT2D eigenvalue weighted by atomic mass is 10.6. The smallest absolute Gasteiger partial charge is 0.370 e. The lowest BCUT2D eigenvalue weighted by molar-refractivity contribution is -0.174. The molecule has 1 heterocycles. The lowest BCUT2D eigenvalue weighted by Crippen LogP contribution is -2.19. The summed E-state index contributed by atoms with van der Waals surface area (Å²) in [5, 5.41) is 3.90. The summed E-state index contributed by atoms with van der Waals surface area (Å²) in [4.78, 5) is 0. The van der Waals surface area contributed by atoms with Crippen molar-refractivity contribution in [2.45, 2.75) is 12.7 Å². The minimum absolute atomic E-state index is 0.0112. The van der Waals surface area contributed by atoms with Gasteiger partial charge in [-0.05, 0) is 22.6 Å². The van der Waals surface area contributed by atoms with E-state index in [0.717, 1.165) is 3.57 Å². The van der Waals surface area contributed by atoms with Crippen molar-refractivity contribution in [1.29, 1.82) is 0 Å². The fourth-order valence-electron chi connectivity index (χ4n) is 0.807. The zero-order valence-corrected chi connectivity index (χ0v) is 9.25. The Morgan fingerprint density at radius 3 is 2.71 bits per heavy atom. The van der Waals surface area contributed by atoms with Gasteiger partial charge in [-0.3, -0.25) is 4.68 Å². The first kappa shape index (κ1) is 11.8. The molecule has 0 N–H and O–H groups in total. The zero-order valence-electron chi connectivity index (χ0n) is 7.09. The van der Waals surface area contributed by atoms with Gasteiger partial charge in [0.1, 0.15) is 6.61 Å². The molecule has 1 rings (SSSR count). The summed E-state index contributed by atoms with van der Waals surface area (Å²) in [6.07, 6.45) is -0.889. The number of ether oxygens (including phenoxy) is 1. The molecule has 14 heavy (non-hydrogen) atoms. The summed E-state index contributed by atoms with van der Waals surface area (Å²) in [5.41, 5.74) is 0. The molecule has 0 aliphatic carbocycles. The third-order valence-electron chi connectivity index (χ3n) is 1.33. The molecular weight excluding hydrogens is 312 g/mol. The number of hydrogen-bond acceptors (Lipinski definition) is 2. The Kier molecular flexibility index (Phi) is 4.17. The van der Waals surface area contributed by atoms with Gasteiger partial charge in [-0.2, -0.15) is 18.3 Å². The van der Waals surface area contributed by atoms with E-state index in [-0.39, 0.29) is 6.61 Å². The number of hydrogen-bond donors (Lipinski definition) is 0. The van der Waals surface area contributed by atoms with Crippen molar-refractivity contribution in [3.05, 3.63) is 16.0 Å². The standard InChI is InChI=1S/C7H8F3IN2O/c8-7(9,10)5-14-2-1-13-4-6(11)3-12-13/h3-4H,1-2,5H2. The van der Waals surface area contributed by atoms with Crippen LogP contribution >= 0.6 is 22.6 Å². The van der Waals surface area contributed by atoms with Crippen molar-refractivity contribution in [2.24, 2.45) is 0 Å². The Balaban J connectivity index is 2.16. The predicted molar refractivity (Wildman–Crippen MR) is 51.8 cm³/mol. The Bertz CT molecular complexity index is 287. The van der Waals surface area contributed by atoms with Crippen LogP contribution in [0.25, 0.3) is 0 Å². The van der Waals surface area contributed by atoms with Crippen molar-refractivity contribution in [3.63, 3.8) is 0 Å². The van der Waals surface area contributed by atoms with E-state index in [9.17, 15) is 13.2 Å². The summed E-state index contributed by atoms with van der Waals surface area (Å²) >= 11 is 2.07. The largest absolute Gasteiger partial charge is 0.411 e. The minimum Gasteiger partial charge on any atom is -0.370 e. The maximum atomic E-state index is 11.6. The van der Waals surface area contributed by atoms with Gasteiger partial charge in [0, 0.05) is 6.20 Å². The molecule has 0 aliphatic rings. The van der Waals surface area contributed by atoms with Crippen molar-refractivity contribution in [2.75, 3.05) is 13.2 Å². The summed E-state index contributed by atoms with van der Waals surface area (Å²) in [6.45, 7) is -0.859. The van der Waals surface area contributed by atoms with Gasteiger partial charge in [0.25, 0.3) is 0 Å². The maximum absolute atomic E-state index is 11.6. The van der Waals surface area contributed by atoms with Crippen LogP contribution in [0.5, 0.6) is 0 Å². The van der Waals surface area contributed by atoms with Crippen LogP contribution in [-0.4, -0.2) is 29.2 Å². The van der Waals surface area contributed by atoms with Gasteiger partial charge in [0.2, 0.25) is 0 Å². The van der Waals surface area contributed by atoms with Crippen molar-refractivity contribution >= 4 is 22.6 Å². The highest BCUT2D eigenvalue weighted by molar-refractivity contribution is 14.1. The van der Waals surface area contributed by atoms with Gasteiger partial charge in [-0.15, -0.1) is 0 Å². The highest BCUT2D eigenvalue weighted by atomic mass is 127. The molecule has 0 aliphatic heterocycles. The Morgan fingerprint density at radius 2 is 2.21 bits per heavy atom. The van der Waals surface area contributed by atoms with Crippen LogP contribution in [0.2, 0.25) is 0 Å². The van der Waals surface area contributed by atoms with Crippen molar-refractivity contribution < 1.29 is 17.9 Å². The molecule has 0 radical (unpaired) electrons. The Labute approximate surface area is 92.4 Å². The van der Waals surface area contributed by atoms with E-state index < -0.39 is 12.8 Å². The molecule has 0 saturated carbocycles. The number of aromatic nitrogens is 2. The maximum Gasteiger partial charge on any atom is 0.411 e. The summed E-state index contributed by atoms with van der Waals surface area (Å²) in [5.74, 6) is 0. The van der Waals surface area contributed by atoms with E-state index in [0.29, 0.717) is 6.54 Å². The minimum atomic E-state index is -4.25. The molecule has 0 aromatic carbocycles. The van der Waals surface area contributed by atoms with Crippen LogP contribution in [0, 0.1) is 3.57 Å². The van der Waals surface area contributed by atoms with E-state index in [4.69, 9.17) is 0 Å². The van der Waals surface area contributed by atoms with Crippen LogP contribution < -0.4 is 0 Å². The molecule has 0 unspecified atom stereocenters. The first-order chi connectivity index (χ1) is 6.47. The fourth-order valence-corrected chi connectivity index (χ4v) is 1.25. The number of alkyl halides is 3. The molecule has 3 nitrogen and oxygen atoms in total. The molecule has 0 fully saturated rings. The van der Waals surface area contributed by atoms with E-state index in [1.54, 1.807) is 12.4 Å². The molecule has 7 heteroatoms. The summed E-state index contributed by atoms with van der Waals surface area (Å²) in [7, 11) is 0. The monoisotopic (exact) mass is 320 g/mol. The third kappa shape index (κ3) is 4.80. The summed E-state index contributed by atoms with van der Waals surface area (Å²) in [6, 6.07) is 0. The molecule has 1 aromatic rings. The van der Waals surface area contributed by atoms with Crippen LogP contribution in [0.15, 0.2) is 12.4 Å². The van der Waals surface area contributed by atoms with Gasteiger partial charge in [0.05, 0.1) is 22.9 Å². The topological polar surface area (TPSA) is 27.1 Å². The summed E-state index contributed by atoms with van der Waals surface area (Å²) < 4.78 is 41.8. The van der Waals surface area contributed by atoms with Gasteiger partial charge in [-0.1, -0.05) is 0 Å². The second-order valence-corrected chi connectivity index (χ2v) is 3.84. The van der Waals surface area contributed by atoms with Crippen LogP contribution in [-0.2, 0) is 11.3 Å². The molecule has 0 bridgehead atoms. The van der Waals surface area contributed by atoms with E-state index in [1.165, 1.54) is 4.68 Å². The predicted octanol–water partition coefficient (Wildman–Crippen LogP) is 2.07. The molecular formula is C7H8F3IN2O. The normalized spacial score (nSPS) is 12.0. The first-order valence-electron chi connectivity index (χ1n) is 3.80. The molecule has 0 atom stereocenters. The molecule has 0 amide bonds. The highest BCUT2D eigenvalue weighted by Gasteiger charge is 2.27. The van der Waals surface area contributed by atoms with Crippen molar-refractivity contribution in [1.82, 2.24) is 9.78 Å². The SMILES string of the molecule is FC(F)(F)COCCn1cc(I)cn1. The number of halogens is 4. The number of rotatable bonds is 4. The van der Waals surface area contributed by atoms with Crippen LogP contribution in [0.1, 0.15) is 0 Å². The van der Waals surface area contributed by atoms with E-state index in [1.807, 2.05) is 0 Å². The third-order valence-corrected chi connectivity index (χ3v) is 1.89. The molecule has 0 saturated heterocycles. The fraction of sp³-hybridized carbons (Fsp3) is 0.571. The molecule has 80 valence electrons. The lowest BCUT2D eigenvalue weighted by Gasteiger charge is -2.07. The Hall–Kier alpha value is -0.310. The second-order valence-electron chi connectivity index (χ2n) is 2.59. The van der Waals surface area contributed by atoms with E-state index >= 15 is 0 Å². The average Bonchev–Trinajstić information content (AvgIpc) is 2.44. The van der Waals surface area contributed by atoms with Crippen LogP contribution in [0.4, 0.5) is 13.2 Å². The highest BCUT2D eigenvalue weighted by Crippen LogP contribution is 2.14. The quantitative estimate of drug-likeness (QED) is 0.627. The van der Waals surface area contributed by atoms with Gasteiger partial charge >= 0.3 is 6.18 Å². The van der Waals surface area contributed by atoms with Crippen molar-refractivity contribution in [3.8, 4) is 0 Å². The first-order valence-corrected chi connectivity index (χ1v) is 4.88. The zero-order chi connectivity index (χ0) is 10.6. The molecule has 1 aromatic heterocycles. The van der Waals surface area contributed by atoms with E-state index in [2.05, 4.69) is 32.4 Å². The Morgan fingerprint density at radius 1 is 1.50 bits per heavy atom. The molecule has 0 spiro atoms. The van der Waals surface area contributed by atoms with Gasteiger partial charge in [0.15, 0.2) is 0 Å². The average molecular weight is 320 g/mol.